The number of hydrogen-bond donors (Lipinski definition) is 2. The Morgan fingerprint density at radius 3 is 2.53 bits per heavy atom. The summed E-state index contributed by atoms with van der Waals surface area (Å²) in [5, 5.41) is 12.9. The van der Waals surface area contributed by atoms with E-state index in [4.69, 9.17) is 4.74 Å². The smallest absolute Gasteiger partial charge is 0.407 e. The fourth-order valence-electron chi connectivity index (χ4n) is 1.78. The molecule has 0 spiro atoms. The first-order valence-corrected chi connectivity index (χ1v) is 6.65. The number of alkyl carbamates (subject to hydrolysis) is 1. The fourth-order valence-corrected chi connectivity index (χ4v) is 1.78. The van der Waals surface area contributed by atoms with Gasteiger partial charge in [0.25, 0.3) is 0 Å². The third kappa shape index (κ3) is 5.30. The van der Waals surface area contributed by atoms with E-state index >= 15 is 0 Å². The van der Waals surface area contributed by atoms with Crippen molar-refractivity contribution in [3.63, 3.8) is 0 Å². The number of ether oxygens (including phenoxy) is 1. The second kappa shape index (κ2) is 7.14. The van der Waals surface area contributed by atoms with Crippen molar-refractivity contribution < 1.29 is 14.6 Å². The van der Waals surface area contributed by atoms with Crippen molar-refractivity contribution in [2.45, 2.75) is 45.3 Å². The third-order valence-electron chi connectivity index (χ3n) is 2.83. The lowest BCUT2D eigenvalue weighted by Gasteiger charge is -2.30. The van der Waals surface area contributed by atoms with Crippen LogP contribution < -0.4 is 5.32 Å². The topological polar surface area (TPSA) is 58.6 Å². The predicted molar refractivity (Wildman–Crippen MR) is 74.9 cm³/mol. The van der Waals surface area contributed by atoms with Gasteiger partial charge in [-0.1, -0.05) is 43.7 Å². The molecule has 0 aliphatic rings. The Morgan fingerprint density at radius 1 is 1.37 bits per heavy atom. The van der Waals surface area contributed by atoms with E-state index in [0.29, 0.717) is 6.61 Å². The zero-order chi connectivity index (χ0) is 14.3. The van der Waals surface area contributed by atoms with Gasteiger partial charge in [0.15, 0.2) is 0 Å². The molecule has 0 bridgehead atoms. The van der Waals surface area contributed by atoms with Crippen LogP contribution in [0.15, 0.2) is 30.3 Å². The van der Waals surface area contributed by atoms with E-state index in [9.17, 15) is 9.90 Å². The van der Waals surface area contributed by atoms with Crippen molar-refractivity contribution in [2.24, 2.45) is 0 Å². The molecule has 1 aromatic rings. The van der Waals surface area contributed by atoms with E-state index in [1.165, 1.54) is 0 Å². The van der Waals surface area contributed by atoms with E-state index in [-0.39, 0.29) is 0 Å². The van der Waals surface area contributed by atoms with Gasteiger partial charge in [0, 0.05) is 0 Å². The van der Waals surface area contributed by atoms with Gasteiger partial charge in [-0.3, -0.25) is 0 Å². The molecule has 4 nitrogen and oxygen atoms in total. The highest BCUT2D eigenvalue weighted by Gasteiger charge is 2.30. The van der Waals surface area contributed by atoms with Gasteiger partial charge >= 0.3 is 6.09 Å². The first-order chi connectivity index (χ1) is 8.95. The monoisotopic (exact) mass is 265 g/mol. The van der Waals surface area contributed by atoms with Crippen molar-refractivity contribution in [3.8, 4) is 0 Å². The highest BCUT2D eigenvalue weighted by atomic mass is 16.5. The zero-order valence-electron chi connectivity index (χ0n) is 11.8. The summed E-state index contributed by atoms with van der Waals surface area (Å²) in [7, 11) is 0. The molecule has 0 radical (unpaired) electrons. The molecule has 0 saturated carbocycles. The van der Waals surface area contributed by atoms with E-state index < -0.39 is 17.7 Å². The molecule has 0 aromatic heterocycles. The van der Waals surface area contributed by atoms with Crippen LogP contribution in [0.25, 0.3) is 0 Å². The van der Waals surface area contributed by atoms with Gasteiger partial charge in [0.2, 0.25) is 0 Å². The van der Waals surface area contributed by atoms with Crippen LogP contribution in [0.1, 0.15) is 45.2 Å². The molecule has 1 atom stereocenters. The van der Waals surface area contributed by atoms with Crippen LogP contribution in [-0.4, -0.2) is 23.4 Å². The Balaban J connectivity index is 2.69. The van der Waals surface area contributed by atoms with Crippen LogP contribution >= 0.6 is 0 Å². The quantitative estimate of drug-likeness (QED) is 0.777. The average Bonchev–Trinajstić information content (AvgIpc) is 2.36. The maximum Gasteiger partial charge on any atom is 0.407 e. The summed E-state index contributed by atoms with van der Waals surface area (Å²) < 4.78 is 5.07. The van der Waals surface area contributed by atoms with Crippen molar-refractivity contribution in [2.75, 3.05) is 6.61 Å². The number of rotatable bonds is 6. The van der Waals surface area contributed by atoms with E-state index in [1.54, 1.807) is 13.8 Å². The van der Waals surface area contributed by atoms with Crippen LogP contribution in [0.5, 0.6) is 0 Å². The zero-order valence-corrected chi connectivity index (χ0v) is 11.8. The molecular formula is C15H23NO3. The standard InChI is InChI=1S/C15H23NO3/c1-4-5-11-19-14(17)16-13(15(2,3)18)12-9-7-6-8-10-12/h6-10,13,18H,4-5,11H2,1-3H3,(H,16,17). The van der Waals surface area contributed by atoms with Gasteiger partial charge in [0.1, 0.15) is 0 Å². The van der Waals surface area contributed by atoms with E-state index in [0.717, 1.165) is 18.4 Å². The van der Waals surface area contributed by atoms with Crippen molar-refractivity contribution in [1.82, 2.24) is 5.32 Å². The van der Waals surface area contributed by atoms with Gasteiger partial charge in [0.05, 0.1) is 18.2 Å². The largest absolute Gasteiger partial charge is 0.450 e. The van der Waals surface area contributed by atoms with Crippen LogP contribution in [0.2, 0.25) is 0 Å². The molecule has 1 rings (SSSR count). The Morgan fingerprint density at radius 2 is 2.00 bits per heavy atom. The Bertz CT molecular complexity index is 384. The third-order valence-corrected chi connectivity index (χ3v) is 2.83. The van der Waals surface area contributed by atoms with E-state index in [2.05, 4.69) is 5.32 Å². The fraction of sp³-hybridized carbons (Fsp3) is 0.533. The number of nitrogens with one attached hydrogen (secondary N) is 1. The highest BCUT2D eigenvalue weighted by molar-refractivity contribution is 5.68. The summed E-state index contributed by atoms with van der Waals surface area (Å²) in [6.07, 6.45) is 1.32. The van der Waals surface area contributed by atoms with Gasteiger partial charge in [-0.15, -0.1) is 0 Å². The number of carbonyl (C=O) groups excluding carboxylic acids is 1. The number of hydrogen-bond acceptors (Lipinski definition) is 3. The second-order valence-electron chi connectivity index (χ2n) is 5.13. The minimum atomic E-state index is -1.06. The summed E-state index contributed by atoms with van der Waals surface area (Å²) in [6.45, 7) is 5.76. The number of amides is 1. The van der Waals surface area contributed by atoms with Crippen LogP contribution in [0.4, 0.5) is 4.79 Å². The Kier molecular flexibility index (Phi) is 5.83. The van der Waals surface area contributed by atoms with Gasteiger partial charge < -0.3 is 15.2 Å². The van der Waals surface area contributed by atoms with Crippen LogP contribution in [-0.2, 0) is 4.74 Å². The SMILES string of the molecule is CCCCOC(=O)NC(c1ccccc1)C(C)(C)O. The summed E-state index contributed by atoms with van der Waals surface area (Å²) >= 11 is 0. The first-order valence-electron chi connectivity index (χ1n) is 6.65. The molecule has 0 aliphatic heterocycles. The number of unbranched alkanes of at least 4 members (excludes halogenated alkanes) is 1. The van der Waals surface area contributed by atoms with E-state index in [1.807, 2.05) is 37.3 Å². The maximum absolute atomic E-state index is 11.7. The van der Waals surface area contributed by atoms with Crippen molar-refractivity contribution >= 4 is 6.09 Å². The van der Waals surface area contributed by atoms with Gasteiger partial charge in [-0.25, -0.2) is 4.79 Å². The molecule has 0 aliphatic carbocycles. The molecule has 106 valence electrons. The molecule has 19 heavy (non-hydrogen) atoms. The highest BCUT2D eigenvalue weighted by Crippen LogP contribution is 2.25. The first kappa shape index (κ1) is 15.5. The Labute approximate surface area is 114 Å². The number of benzene rings is 1. The van der Waals surface area contributed by atoms with Crippen molar-refractivity contribution in [1.29, 1.82) is 0 Å². The molecule has 4 heteroatoms. The second-order valence-corrected chi connectivity index (χ2v) is 5.13. The summed E-state index contributed by atoms with van der Waals surface area (Å²) in [6, 6.07) is 8.88. The summed E-state index contributed by atoms with van der Waals surface area (Å²) in [4.78, 5) is 11.7. The summed E-state index contributed by atoms with van der Waals surface area (Å²) in [5.41, 5.74) is -0.215. The minimum absolute atomic E-state index is 0.399. The molecule has 0 fully saturated rings. The van der Waals surface area contributed by atoms with Crippen molar-refractivity contribution in [3.05, 3.63) is 35.9 Å². The predicted octanol–water partition coefficient (Wildman–Crippen LogP) is 3.02. The lowest BCUT2D eigenvalue weighted by molar-refractivity contribution is 0.0337. The number of aliphatic hydroxyl groups is 1. The van der Waals surface area contributed by atoms with Crippen LogP contribution in [0.3, 0.4) is 0 Å². The summed E-state index contributed by atoms with van der Waals surface area (Å²) in [5.74, 6) is 0. The average molecular weight is 265 g/mol. The normalized spacial score (nSPS) is 12.8. The molecule has 1 unspecified atom stereocenters. The van der Waals surface area contributed by atoms with Gasteiger partial charge in [-0.2, -0.15) is 0 Å². The molecule has 0 saturated heterocycles. The number of carbonyl (C=O) groups is 1. The molecule has 1 amide bonds. The lowest BCUT2D eigenvalue weighted by Crippen LogP contribution is -2.42. The maximum atomic E-state index is 11.7. The molecule has 0 heterocycles. The van der Waals surface area contributed by atoms with Crippen LogP contribution in [0, 0.1) is 0 Å². The molecule has 2 N–H and O–H groups in total. The molecule has 1 aromatic carbocycles. The van der Waals surface area contributed by atoms with Gasteiger partial charge in [-0.05, 0) is 25.8 Å². The molecular weight excluding hydrogens is 242 g/mol. The lowest BCUT2D eigenvalue weighted by atomic mass is 9.92. The minimum Gasteiger partial charge on any atom is -0.450 e. The Hall–Kier alpha value is -1.55.